The summed E-state index contributed by atoms with van der Waals surface area (Å²) in [6.45, 7) is 0.663. The molecule has 6 rings (SSSR count). The van der Waals surface area contributed by atoms with Crippen molar-refractivity contribution < 1.29 is 9.47 Å². The van der Waals surface area contributed by atoms with Gasteiger partial charge in [0.05, 0.1) is 21.8 Å². The Kier molecular flexibility index (Phi) is 9.04. The minimum absolute atomic E-state index is 0.156. The van der Waals surface area contributed by atoms with Crippen LogP contribution in [0.5, 0.6) is 11.5 Å². The van der Waals surface area contributed by atoms with E-state index in [1.165, 1.54) is 0 Å². The molecule has 0 amide bonds. The SMILES string of the molecule is O=c1[nH]c(-c2ccc(OCC#Cc3ccc4nc(-c5ccc(OC/C(I)=C\I)cc5)[nH]c(=O)c4c3)cc2)nc2ccccc12. The van der Waals surface area contributed by atoms with Crippen LogP contribution in [0.1, 0.15) is 5.56 Å². The highest BCUT2D eigenvalue weighted by Gasteiger charge is 2.08. The Balaban J connectivity index is 1.10. The van der Waals surface area contributed by atoms with Crippen LogP contribution in [0.15, 0.2) is 108 Å². The zero-order valence-electron chi connectivity index (χ0n) is 22.9. The van der Waals surface area contributed by atoms with Crippen molar-refractivity contribution >= 4 is 67.0 Å². The van der Waals surface area contributed by atoms with E-state index in [2.05, 4.69) is 77.0 Å². The Morgan fingerprint density at radius 1 is 0.750 bits per heavy atom. The Morgan fingerprint density at radius 3 is 2.00 bits per heavy atom. The number of ether oxygens (including phenoxy) is 2. The van der Waals surface area contributed by atoms with Crippen LogP contribution in [0.2, 0.25) is 0 Å². The number of rotatable bonds is 7. The van der Waals surface area contributed by atoms with Crippen molar-refractivity contribution in [2.24, 2.45) is 0 Å². The van der Waals surface area contributed by atoms with Gasteiger partial charge in [0, 0.05) is 20.3 Å². The molecule has 0 aliphatic carbocycles. The molecule has 8 nitrogen and oxygen atoms in total. The van der Waals surface area contributed by atoms with Crippen LogP contribution >= 0.6 is 45.2 Å². The maximum Gasteiger partial charge on any atom is 0.259 e. The number of H-pyrrole nitrogens is 2. The van der Waals surface area contributed by atoms with Gasteiger partial charge in [0.2, 0.25) is 0 Å². The summed E-state index contributed by atoms with van der Waals surface area (Å²) in [4.78, 5) is 40.2. The van der Waals surface area contributed by atoms with Crippen molar-refractivity contribution in [2.45, 2.75) is 0 Å². The second-order valence-corrected chi connectivity index (χ2v) is 11.6. The molecule has 2 N–H and O–H groups in total. The molecule has 6 aromatic rings. The molecule has 0 aliphatic heterocycles. The van der Waals surface area contributed by atoms with E-state index in [0.717, 1.165) is 20.5 Å². The summed E-state index contributed by atoms with van der Waals surface area (Å²) in [5, 5.41) is 1.01. The molecule has 10 heteroatoms. The lowest BCUT2D eigenvalue weighted by molar-refractivity contribution is 0.362. The van der Waals surface area contributed by atoms with Gasteiger partial charge in [0.1, 0.15) is 36.4 Å². The summed E-state index contributed by atoms with van der Waals surface area (Å²) in [6.07, 6.45) is 0. The maximum absolute atomic E-state index is 12.9. The van der Waals surface area contributed by atoms with Crippen molar-refractivity contribution in [2.75, 3.05) is 13.2 Å². The Labute approximate surface area is 278 Å². The predicted molar refractivity (Wildman–Crippen MR) is 190 cm³/mol. The molecule has 2 aromatic heterocycles. The smallest absolute Gasteiger partial charge is 0.259 e. The van der Waals surface area contributed by atoms with Gasteiger partial charge >= 0.3 is 0 Å². The molecule has 0 saturated heterocycles. The first-order valence-corrected chi connectivity index (χ1v) is 15.7. The van der Waals surface area contributed by atoms with Crippen LogP contribution in [-0.2, 0) is 0 Å². The number of nitrogens with zero attached hydrogens (tertiary/aromatic N) is 2. The van der Waals surface area contributed by atoms with Gasteiger partial charge in [-0.05, 0) is 106 Å². The van der Waals surface area contributed by atoms with Gasteiger partial charge in [-0.25, -0.2) is 9.97 Å². The first-order chi connectivity index (χ1) is 21.5. The molecular weight excluding hydrogens is 782 g/mol. The average molecular weight is 804 g/mol. The fourth-order valence-electron chi connectivity index (χ4n) is 4.44. The summed E-state index contributed by atoms with van der Waals surface area (Å²) in [5.41, 5.74) is 3.03. The van der Waals surface area contributed by atoms with Gasteiger partial charge in [-0.2, -0.15) is 0 Å². The number of aromatic nitrogens is 4. The van der Waals surface area contributed by atoms with Gasteiger partial charge in [-0.15, -0.1) is 0 Å². The average Bonchev–Trinajstić information content (AvgIpc) is 3.06. The molecule has 2 heterocycles. The zero-order valence-corrected chi connectivity index (χ0v) is 27.3. The molecule has 0 unspecified atom stereocenters. The van der Waals surface area contributed by atoms with Crippen molar-refractivity contribution in [1.29, 1.82) is 0 Å². The van der Waals surface area contributed by atoms with Crippen molar-refractivity contribution in [3.63, 3.8) is 0 Å². The van der Waals surface area contributed by atoms with E-state index in [0.29, 0.717) is 51.4 Å². The van der Waals surface area contributed by atoms with Gasteiger partial charge in [-0.1, -0.05) is 46.6 Å². The highest BCUT2D eigenvalue weighted by Crippen LogP contribution is 2.22. The summed E-state index contributed by atoms with van der Waals surface area (Å²) < 4.78 is 14.6. The van der Waals surface area contributed by atoms with Crippen molar-refractivity contribution in [1.82, 2.24) is 19.9 Å². The second kappa shape index (κ2) is 13.4. The number of hydrogen-bond donors (Lipinski definition) is 2. The largest absolute Gasteiger partial charge is 0.488 e. The first kappa shape index (κ1) is 29.6. The molecule has 44 heavy (non-hydrogen) atoms. The molecule has 4 aromatic carbocycles. The number of nitrogens with one attached hydrogen (secondary N) is 2. The van der Waals surface area contributed by atoms with Crippen molar-refractivity contribution in [3.05, 3.63) is 125 Å². The summed E-state index contributed by atoms with van der Waals surface area (Å²) in [7, 11) is 0. The van der Waals surface area contributed by atoms with Gasteiger partial charge < -0.3 is 19.4 Å². The molecular formula is C34H22I2N4O4. The third kappa shape index (κ3) is 6.84. The van der Waals surface area contributed by atoms with Crippen LogP contribution in [0, 0.1) is 11.8 Å². The van der Waals surface area contributed by atoms with E-state index in [-0.39, 0.29) is 17.7 Å². The monoisotopic (exact) mass is 804 g/mol. The quantitative estimate of drug-likeness (QED) is 0.133. The molecule has 0 spiro atoms. The highest BCUT2D eigenvalue weighted by atomic mass is 127. The zero-order chi connectivity index (χ0) is 30.5. The topological polar surface area (TPSA) is 110 Å². The Hall–Kier alpha value is -4.48. The predicted octanol–water partition coefficient (Wildman–Crippen LogP) is 7.01. The third-order valence-electron chi connectivity index (χ3n) is 6.61. The van der Waals surface area contributed by atoms with E-state index in [9.17, 15) is 9.59 Å². The molecule has 0 bridgehead atoms. The number of aromatic amines is 2. The number of hydrogen-bond acceptors (Lipinski definition) is 6. The molecule has 0 aliphatic rings. The van der Waals surface area contributed by atoms with Gasteiger partial charge in [-0.3, -0.25) is 9.59 Å². The van der Waals surface area contributed by atoms with Gasteiger partial charge in [0.15, 0.2) is 0 Å². The molecule has 0 atom stereocenters. The van der Waals surface area contributed by atoms with Crippen LogP contribution in [0.3, 0.4) is 0 Å². The number of halogens is 2. The summed E-state index contributed by atoms with van der Waals surface area (Å²) >= 11 is 4.41. The number of benzene rings is 4. The molecule has 0 saturated carbocycles. The van der Waals surface area contributed by atoms with Crippen LogP contribution in [0.4, 0.5) is 0 Å². The second-order valence-electron chi connectivity index (χ2n) is 9.56. The number of fused-ring (bicyclic) bond motifs is 2. The standard InChI is InChI=1S/C34H22I2N4O4/c35-19-24(36)20-44-26-14-10-23(11-15-26)32-38-30-16-7-21(18-28(30)34(42)40-32)4-3-17-43-25-12-8-22(9-13-25)31-37-29-6-2-1-5-27(29)33(41)39-31/h1-2,5-16,18-19H,17,20H2,(H,37,39,41)(H,38,40,42)/b24-19+. The lowest BCUT2D eigenvalue weighted by Crippen LogP contribution is -2.09. The van der Waals surface area contributed by atoms with E-state index >= 15 is 0 Å². The summed E-state index contributed by atoms with van der Waals surface area (Å²) in [5.74, 6) is 8.38. The van der Waals surface area contributed by atoms with E-state index in [4.69, 9.17) is 9.47 Å². The van der Waals surface area contributed by atoms with E-state index in [1.54, 1.807) is 30.3 Å². The molecule has 0 radical (unpaired) electrons. The molecule has 216 valence electrons. The summed E-state index contributed by atoms with van der Waals surface area (Å²) in [6, 6.07) is 27.3. The van der Waals surface area contributed by atoms with Crippen LogP contribution in [0.25, 0.3) is 44.6 Å². The minimum atomic E-state index is -0.241. The minimum Gasteiger partial charge on any atom is -0.488 e. The molecule has 0 fully saturated rings. The normalized spacial score (nSPS) is 11.3. The van der Waals surface area contributed by atoms with Crippen molar-refractivity contribution in [3.8, 4) is 46.1 Å². The maximum atomic E-state index is 12.9. The van der Waals surface area contributed by atoms with E-state index < -0.39 is 0 Å². The van der Waals surface area contributed by atoms with Gasteiger partial charge in [0.25, 0.3) is 11.1 Å². The lowest BCUT2D eigenvalue weighted by Gasteiger charge is -2.07. The lowest BCUT2D eigenvalue weighted by atomic mass is 10.1. The fourth-order valence-corrected chi connectivity index (χ4v) is 4.77. The van der Waals surface area contributed by atoms with Crippen LogP contribution in [-0.4, -0.2) is 33.1 Å². The van der Waals surface area contributed by atoms with E-state index in [1.807, 2.05) is 64.7 Å². The van der Waals surface area contributed by atoms with Crippen LogP contribution < -0.4 is 20.6 Å². The fraction of sp³-hybridized carbons (Fsp3) is 0.0588. The Bertz CT molecular complexity index is 2200. The number of para-hydroxylation sites is 1. The first-order valence-electron chi connectivity index (χ1n) is 13.4. The third-order valence-corrected chi connectivity index (χ3v) is 9.18. The Morgan fingerprint density at radius 2 is 1.34 bits per heavy atom. The highest BCUT2D eigenvalue weighted by molar-refractivity contribution is 14.1.